The summed E-state index contributed by atoms with van der Waals surface area (Å²) < 4.78 is 4.37. The van der Waals surface area contributed by atoms with Crippen LogP contribution in [0, 0.1) is 0 Å². The summed E-state index contributed by atoms with van der Waals surface area (Å²) in [6.45, 7) is 1.83. The van der Waals surface area contributed by atoms with Gasteiger partial charge in [-0.15, -0.1) is 0 Å². The Labute approximate surface area is 84.0 Å². The van der Waals surface area contributed by atoms with E-state index < -0.39 is 5.97 Å². The molecule has 0 aromatic rings. The van der Waals surface area contributed by atoms with Gasteiger partial charge in [-0.1, -0.05) is 0 Å². The van der Waals surface area contributed by atoms with Crippen molar-refractivity contribution in [3.05, 3.63) is 0 Å². The van der Waals surface area contributed by atoms with Gasteiger partial charge in [0.05, 0.1) is 7.11 Å². The van der Waals surface area contributed by atoms with Crippen LogP contribution in [0.5, 0.6) is 0 Å². The van der Waals surface area contributed by atoms with Crippen LogP contribution in [0.25, 0.3) is 0 Å². The Hall–Kier alpha value is -1.10. The standard InChI is InChI=1S/C9H18N2O3/c1-7(10)4-3-5-8(12)11-6-9(13)14-2/h7H,3-6,10H2,1-2H3,(H,11,12). The van der Waals surface area contributed by atoms with Gasteiger partial charge in [0.15, 0.2) is 0 Å². The van der Waals surface area contributed by atoms with Crippen molar-refractivity contribution in [2.24, 2.45) is 5.73 Å². The average Bonchev–Trinajstić information content (AvgIpc) is 2.13. The molecule has 0 radical (unpaired) electrons. The third-order valence-electron chi connectivity index (χ3n) is 1.72. The number of methoxy groups -OCH3 is 1. The van der Waals surface area contributed by atoms with E-state index in [0.29, 0.717) is 6.42 Å². The van der Waals surface area contributed by atoms with Crippen LogP contribution < -0.4 is 11.1 Å². The first-order chi connectivity index (χ1) is 6.56. The molecule has 0 heterocycles. The molecule has 5 heteroatoms. The molecular formula is C9H18N2O3. The molecule has 0 bridgehead atoms. The molecule has 3 N–H and O–H groups in total. The number of ether oxygens (including phenoxy) is 1. The second-order valence-corrected chi connectivity index (χ2v) is 3.22. The van der Waals surface area contributed by atoms with Crippen molar-refractivity contribution in [2.45, 2.75) is 32.2 Å². The summed E-state index contributed by atoms with van der Waals surface area (Å²) in [5.41, 5.74) is 5.52. The molecular weight excluding hydrogens is 184 g/mol. The fourth-order valence-electron chi connectivity index (χ4n) is 0.916. The maximum Gasteiger partial charge on any atom is 0.325 e. The Morgan fingerprint density at radius 2 is 2.14 bits per heavy atom. The largest absolute Gasteiger partial charge is 0.468 e. The van der Waals surface area contributed by atoms with Gasteiger partial charge in [0, 0.05) is 12.5 Å². The Balaban J connectivity index is 3.42. The van der Waals surface area contributed by atoms with Crippen molar-refractivity contribution < 1.29 is 14.3 Å². The molecule has 0 aliphatic heterocycles. The Morgan fingerprint density at radius 1 is 1.50 bits per heavy atom. The van der Waals surface area contributed by atoms with Gasteiger partial charge in [-0.25, -0.2) is 0 Å². The summed E-state index contributed by atoms with van der Waals surface area (Å²) in [7, 11) is 1.28. The highest BCUT2D eigenvalue weighted by Gasteiger charge is 2.05. The minimum Gasteiger partial charge on any atom is -0.468 e. The van der Waals surface area contributed by atoms with Crippen molar-refractivity contribution in [3.8, 4) is 0 Å². The SMILES string of the molecule is COC(=O)CNC(=O)CCCC(C)N. The number of carbonyl (C=O) groups is 2. The normalized spacial score (nSPS) is 11.9. The van der Waals surface area contributed by atoms with Gasteiger partial charge >= 0.3 is 5.97 Å². The number of hydrogen-bond donors (Lipinski definition) is 2. The lowest BCUT2D eigenvalue weighted by Gasteiger charge is -2.05. The zero-order valence-electron chi connectivity index (χ0n) is 8.71. The quantitative estimate of drug-likeness (QED) is 0.584. The molecule has 82 valence electrons. The number of carbonyl (C=O) groups excluding carboxylic acids is 2. The van der Waals surface area contributed by atoms with E-state index >= 15 is 0 Å². The Morgan fingerprint density at radius 3 is 2.64 bits per heavy atom. The second kappa shape index (κ2) is 7.32. The Bertz CT molecular complexity index is 192. The molecule has 0 saturated carbocycles. The van der Waals surface area contributed by atoms with Gasteiger partial charge in [-0.3, -0.25) is 9.59 Å². The minimum absolute atomic E-state index is 0.0620. The lowest BCUT2D eigenvalue weighted by Crippen LogP contribution is -2.30. The van der Waals surface area contributed by atoms with E-state index in [2.05, 4.69) is 10.1 Å². The highest BCUT2D eigenvalue weighted by atomic mass is 16.5. The minimum atomic E-state index is -0.439. The first kappa shape index (κ1) is 12.9. The summed E-state index contributed by atoms with van der Waals surface area (Å²) in [6.07, 6.45) is 1.95. The highest BCUT2D eigenvalue weighted by Crippen LogP contribution is 1.97. The third-order valence-corrected chi connectivity index (χ3v) is 1.72. The maximum atomic E-state index is 11.1. The van der Waals surface area contributed by atoms with Gasteiger partial charge in [0.1, 0.15) is 6.54 Å². The van der Waals surface area contributed by atoms with Crippen LogP contribution >= 0.6 is 0 Å². The molecule has 0 saturated heterocycles. The highest BCUT2D eigenvalue weighted by molar-refractivity contribution is 5.81. The van der Waals surface area contributed by atoms with Gasteiger partial charge < -0.3 is 15.8 Å². The van der Waals surface area contributed by atoms with E-state index in [1.165, 1.54) is 7.11 Å². The van der Waals surface area contributed by atoms with Gasteiger partial charge in [-0.2, -0.15) is 0 Å². The number of amides is 1. The molecule has 1 unspecified atom stereocenters. The zero-order chi connectivity index (χ0) is 11.0. The fraction of sp³-hybridized carbons (Fsp3) is 0.778. The smallest absolute Gasteiger partial charge is 0.325 e. The van der Waals surface area contributed by atoms with Crippen molar-refractivity contribution in [3.63, 3.8) is 0 Å². The average molecular weight is 202 g/mol. The van der Waals surface area contributed by atoms with Crippen molar-refractivity contribution >= 4 is 11.9 Å². The molecule has 0 rings (SSSR count). The second-order valence-electron chi connectivity index (χ2n) is 3.22. The predicted molar refractivity (Wildman–Crippen MR) is 52.5 cm³/mol. The van der Waals surface area contributed by atoms with E-state index in [0.717, 1.165) is 12.8 Å². The van der Waals surface area contributed by atoms with E-state index in [4.69, 9.17) is 5.73 Å². The summed E-state index contributed by atoms with van der Waals surface area (Å²) in [4.78, 5) is 21.7. The van der Waals surface area contributed by atoms with Crippen molar-refractivity contribution in [1.29, 1.82) is 0 Å². The van der Waals surface area contributed by atoms with Crippen LogP contribution in [-0.2, 0) is 14.3 Å². The van der Waals surface area contributed by atoms with Crippen LogP contribution in [0.1, 0.15) is 26.2 Å². The topological polar surface area (TPSA) is 81.4 Å². The lowest BCUT2D eigenvalue weighted by atomic mass is 10.1. The number of nitrogens with one attached hydrogen (secondary N) is 1. The number of nitrogens with two attached hydrogens (primary N) is 1. The van der Waals surface area contributed by atoms with E-state index in [-0.39, 0.29) is 18.5 Å². The first-order valence-corrected chi connectivity index (χ1v) is 4.65. The van der Waals surface area contributed by atoms with Crippen LogP contribution in [0.15, 0.2) is 0 Å². The van der Waals surface area contributed by atoms with Crippen LogP contribution in [0.3, 0.4) is 0 Å². The summed E-state index contributed by atoms with van der Waals surface area (Å²) in [6, 6.07) is 0.114. The lowest BCUT2D eigenvalue weighted by molar-refractivity contribution is -0.141. The molecule has 0 fully saturated rings. The van der Waals surface area contributed by atoms with Gasteiger partial charge in [-0.05, 0) is 19.8 Å². The van der Waals surface area contributed by atoms with E-state index in [1.807, 2.05) is 6.92 Å². The number of hydrogen-bond acceptors (Lipinski definition) is 4. The molecule has 0 aromatic heterocycles. The van der Waals surface area contributed by atoms with Crippen LogP contribution in [-0.4, -0.2) is 31.6 Å². The van der Waals surface area contributed by atoms with Gasteiger partial charge in [0.2, 0.25) is 5.91 Å². The fourth-order valence-corrected chi connectivity index (χ4v) is 0.916. The Kier molecular flexibility index (Phi) is 6.74. The summed E-state index contributed by atoms with van der Waals surface area (Å²) in [5.74, 6) is -0.582. The monoisotopic (exact) mass is 202 g/mol. The third kappa shape index (κ3) is 7.54. The first-order valence-electron chi connectivity index (χ1n) is 4.65. The zero-order valence-corrected chi connectivity index (χ0v) is 8.71. The summed E-state index contributed by atoms with van der Waals surface area (Å²) >= 11 is 0. The van der Waals surface area contributed by atoms with Crippen molar-refractivity contribution in [2.75, 3.05) is 13.7 Å². The predicted octanol–water partition coefficient (Wildman–Crippen LogP) is -0.207. The molecule has 0 aliphatic rings. The molecule has 5 nitrogen and oxygen atoms in total. The summed E-state index contributed by atoms with van der Waals surface area (Å²) in [5, 5.41) is 2.45. The maximum absolute atomic E-state index is 11.1. The van der Waals surface area contributed by atoms with E-state index in [1.54, 1.807) is 0 Å². The van der Waals surface area contributed by atoms with Crippen LogP contribution in [0.2, 0.25) is 0 Å². The number of esters is 1. The van der Waals surface area contributed by atoms with Crippen molar-refractivity contribution in [1.82, 2.24) is 5.32 Å². The molecule has 0 aromatic carbocycles. The number of rotatable bonds is 6. The molecule has 0 spiro atoms. The van der Waals surface area contributed by atoms with E-state index in [9.17, 15) is 9.59 Å². The van der Waals surface area contributed by atoms with Crippen LogP contribution in [0.4, 0.5) is 0 Å². The molecule has 0 aliphatic carbocycles. The molecule has 1 atom stereocenters. The molecule has 1 amide bonds. The van der Waals surface area contributed by atoms with Gasteiger partial charge in [0.25, 0.3) is 0 Å². The molecule has 14 heavy (non-hydrogen) atoms.